The molecule has 1 N–H and O–H groups in total. The summed E-state index contributed by atoms with van der Waals surface area (Å²) in [7, 11) is 0. The second-order valence-electron chi connectivity index (χ2n) is 7.92. The van der Waals surface area contributed by atoms with Gasteiger partial charge in [-0.15, -0.1) is 0 Å². The number of ether oxygens (including phenoxy) is 2. The number of aromatic nitrogens is 2. The van der Waals surface area contributed by atoms with Crippen molar-refractivity contribution in [3.63, 3.8) is 0 Å². The standard InChI is InChI=1S/C23H33N3O3/c1-5-9-18(4)12-20(19-10-7-6-8-11-19)13-24-22-25-14-21(15-26-22)29-23(27)28-16-17(2)3/h6-8,10-11,14-15,17-18,20H,5,9,12-13,16H2,1-4H3,(H,24,25,26). The molecule has 0 aliphatic carbocycles. The van der Waals surface area contributed by atoms with Crippen LogP contribution in [0.5, 0.6) is 5.75 Å². The van der Waals surface area contributed by atoms with E-state index in [0.717, 1.165) is 13.0 Å². The molecule has 0 radical (unpaired) electrons. The van der Waals surface area contributed by atoms with E-state index >= 15 is 0 Å². The van der Waals surface area contributed by atoms with Gasteiger partial charge < -0.3 is 14.8 Å². The maximum atomic E-state index is 11.6. The number of benzene rings is 1. The minimum absolute atomic E-state index is 0.253. The Hall–Kier alpha value is -2.63. The van der Waals surface area contributed by atoms with E-state index < -0.39 is 6.16 Å². The molecule has 2 atom stereocenters. The van der Waals surface area contributed by atoms with Crippen molar-refractivity contribution in [1.82, 2.24) is 9.97 Å². The summed E-state index contributed by atoms with van der Waals surface area (Å²) >= 11 is 0. The van der Waals surface area contributed by atoms with Crippen molar-refractivity contribution in [2.45, 2.75) is 52.9 Å². The first-order chi connectivity index (χ1) is 14.0. The Morgan fingerprint density at radius 1 is 1.10 bits per heavy atom. The number of carbonyl (C=O) groups excluding carboxylic acids is 1. The van der Waals surface area contributed by atoms with Gasteiger partial charge in [-0.05, 0) is 23.8 Å². The molecule has 0 bridgehead atoms. The van der Waals surface area contributed by atoms with Crippen LogP contribution in [0.3, 0.4) is 0 Å². The molecule has 158 valence electrons. The number of nitrogens with one attached hydrogen (secondary N) is 1. The molecule has 0 aliphatic heterocycles. The van der Waals surface area contributed by atoms with Crippen molar-refractivity contribution in [1.29, 1.82) is 0 Å². The van der Waals surface area contributed by atoms with Gasteiger partial charge in [-0.3, -0.25) is 0 Å². The van der Waals surface area contributed by atoms with Crippen molar-refractivity contribution in [3.8, 4) is 5.75 Å². The Morgan fingerprint density at radius 3 is 2.41 bits per heavy atom. The first kappa shape index (κ1) is 22.7. The average Bonchev–Trinajstić information content (AvgIpc) is 2.71. The predicted octanol–water partition coefficient (Wildman–Crippen LogP) is 5.67. The second kappa shape index (κ2) is 12.0. The quantitative estimate of drug-likeness (QED) is 0.491. The molecule has 6 heteroatoms. The zero-order valence-corrected chi connectivity index (χ0v) is 17.9. The molecule has 6 nitrogen and oxygen atoms in total. The van der Waals surface area contributed by atoms with E-state index in [1.165, 1.54) is 30.8 Å². The zero-order chi connectivity index (χ0) is 21.1. The lowest BCUT2D eigenvalue weighted by atomic mass is 9.87. The summed E-state index contributed by atoms with van der Waals surface area (Å²) in [5.41, 5.74) is 1.32. The zero-order valence-electron chi connectivity index (χ0n) is 17.9. The van der Waals surface area contributed by atoms with E-state index in [-0.39, 0.29) is 11.7 Å². The summed E-state index contributed by atoms with van der Waals surface area (Å²) in [6.07, 6.45) is 5.73. The maximum Gasteiger partial charge on any atom is 0.513 e. The first-order valence-corrected chi connectivity index (χ1v) is 10.4. The largest absolute Gasteiger partial charge is 0.513 e. The van der Waals surface area contributed by atoms with Gasteiger partial charge in [0.25, 0.3) is 0 Å². The molecule has 2 rings (SSSR count). The predicted molar refractivity (Wildman–Crippen MR) is 115 cm³/mol. The lowest BCUT2D eigenvalue weighted by molar-refractivity contribution is 0.0883. The van der Waals surface area contributed by atoms with Crippen molar-refractivity contribution < 1.29 is 14.3 Å². The Balaban J connectivity index is 1.92. The smallest absolute Gasteiger partial charge is 0.434 e. The highest BCUT2D eigenvalue weighted by atomic mass is 16.7. The van der Waals surface area contributed by atoms with Crippen LogP contribution < -0.4 is 10.1 Å². The molecule has 0 aliphatic rings. The average molecular weight is 400 g/mol. The number of carbonyl (C=O) groups is 1. The Morgan fingerprint density at radius 2 is 1.79 bits per heavy atom. The van der Waals surface area contributed by atoms with Gasteiger partial charge >= 0.3 is 6.16 Å². The van der Waals surface area contributed by atoms with Gasteiger partial charge in [0.05, 0.1) is 19.0 Å². The first-order valence-electron chi connectivity index (χ1n) is 10.4. The Labute approximate surface area is 174 Å². The highest BCUT2D eigenvalue weighted by Crippen LogP contribution is 2.26. The summed E-state index contributed by atoms with van der Waals surface area (Å²) in [5, 5.41) is 3.32. The molecule has 0 fully saturated rings. The Kier molecular flexibility index (Phi) is 9.41. The summed E-state index contributed by atoms with van der Waals surface area (Å²) < 4.78 is 10.1. The number of rotatable bonds is 11. The van der Waals surface area contributed by atoms with Crippen LogP contribution in [-0.4, -0.2) is 29.3 Å². The molecule has 29 heavy (non-hydrogen) atoms. The van der Waals surface area contributed by atoms with E-state index in [1.807, 2.05) is 19.9 Å². The molecule has 0 spiro atoms. The fourth-order valence-corrected chi connectivity index (χ4v) is 3.19. The topological polar surface area (TPSA) is 73.3 Å². The summed E-state index contributed by atoms with van der Waals surface area (Å²) in [5.74, 6) is 2.06. The van der Waals surface area contributed by atoms with Gasteiger partial charge in [0.1, 0.15) is 0 Å². The van der Waals surface area contributed by atoms with E-state index in [9.17, 15) is 4.79 Å². The second-order valence-corrected chi connectivity index (χ2v) is 7.92. The van der Waals surface area contributed by atoms with Crippen LogP contribution in [0.1, 0.15) is 58.4 Å². The number of anilines is 1. The molecule has 2 unspecified atom stereocenters. The minimum atomic E-state index is -0.739. The van der Waals surface area contributed by atoms with Gasteiger partial charge in [-0.1, -0.05) is 70.9 Å². The fourth-order valence-electron chi connectivity index (χ4n) is 3.19. The highest BCUT2D eigenvalue weighted by molar-refractivity contribution is 5.63. The van der Waals surface area contributed by atoms with Gasteiger partial charge in [-0.2, -0.15) is 0 Å². The van der Waals surface area contributed by atoms with Gasteiger partial charge in [0, 0.05) is 12.5 Å². The van der Waals surface area contributed by atoms with Crippen LogP contribution in [0, 0.1) is 11.8 Å². The van der Waals surface area contributed by atoms with Crippen LogP contribution in [-0.2, 0) is 4.74 Å². The molecule has 0 saturated carbocycles. The fraction of sp³-hybridized carbons (Fsp3) is 0.522. The molecule has 1 aromatic carbocycles. The summed E-state index contributed by atoms with van der Waals surface area (Å²) in [4.78, 5) is 20.1. The molecule has 1 heterocycles. The van der Waals surface area contributed by atoms with E-state index in [0.29, 0.717) is 24.4 Å². The SMILES string of the molecule is CCCC(C)CC(CNc1ncc(OC(=O)OCC(C)C)cn1)c1ccccc1. The molecule has 0 saturated heterocycles. The van der Waals surface area contributed by atoms with Crippen LogP contribution in [0.2, 0.25) is 0 Å². The molecule has 1 aromatic heterocycles. The van der Waals surface area contributed by atoms with Crippen LogP contribution in [0.4, 0.5) is 10.7 Å². The van der Waals surface area contributed by atoms with Crippen LogP contribution in [0.25, 0.3) is 0 Å². The highest BCUT2D eigenvalue weighted by Gasteiger charge is 2.16. The number of nitrogens with zero attached hydrogens (tertiary/aromatic N) is 2. The lowest BCUT2D eigenvalue weighted by Gasteiger charge is -2.22. The van der Waals surface area contributed by atoms with Crippen molar-refractivity contribution in [3.05, 3.63) is 48.3 Å². The third-order valence-corrected chi connectivity index (χ3v) is 4.61. The number of hydrogen-bond donors (Lipinski definition) is 1. The van der Waals surface area contributed by atoms with E-state index in [1.54, 1.807) is 0 Å². The molecular formula is C23H33N3O3. The number of hydrogen-bond acceptors (Lipinski definition) is 6. The van der Waals surface area contributed by atoms with Gasteiger partial charge in [-0.25, -0.2) is 14.8 Å². The molecular weight excluding hydrogens is 366 g/mol. The third-order valence-electron chi connectivity index (χ3n) is 4.61. The normalized spacial score (nSPS) is 13.0. The third kappa shape index (κ3) is 8.50. The van der Waals surface area contributed by atoms with Crippen molar-refractivity contribution in [2.75, 3.05) is 18.5 Å². The Bertz CT molecular complexity index is 720. The summed E-state index contributed by atoms with van der Waals surface area (Å²) in [6.45, 7) is 9.51. The monoisotopic (exact) mass is 399 g/mol. The van der Waals surface area contributed by atoms with Crippen molar-refractivity contribution >= 4 is 12.1 Å². The van der Waals surface area contributed by atoms with Crippen molar-refractivity contribution in [2.24, 2.45) is 11.8 Å². The lowest BCUT2D eigenvalue weighted by Crippen LogP contribution is -2.17. The molecule has 0 amide bonds. The molecule has 2 aromatic rings. The maximum absolute atomic E-state index is 11.6. The summed E-state index contributed by atoms with van der Waals surface area (Å²) in [6, 6.07) is 10.5. The van der Waals surface area contributed by atoms with E-state index in [2.05, 4.69) is 53.4 Å². The van der Waals surface area contributed by atoms with Gasteiger partial charge in [0.2, 0.25) is 5.95 Å². The van der Waals surface area contributed by atoms with E-state index in [4.69, 9.17) is 9.47 Å². The van der Waals surface area contributed by atoms with Crippen LogP contribution in [0.15, 0.2) is 42.7 Å². The van der Waals surface area contributed by atoms with Gasteiger partial charge in [0.15, 0.2) is 5.75 Å². The van der Waals surface area contributed by atoms with Crippen LogP contribution >= 0.6 is 0 Å². The minimum Gasteiger partial charge on any atom is -0.434 e.